The average Bonchev–Trinajstić information content (AvgIpc) is 2.83. The van der Waals surface area contributed by atoms with Crippen molar-refractivity contribution in [2.75, 3.05) is 25.0 Å². The molecule has 9 nitrogen and oxygen atoms in total. The van der Waals surface area contributed by atoms with E-state index in [0.717, 1.165) is 10.9 Å². The van der Waals surface area contributed by atoms with Gasteiger partial charge in [-0.1, -0.05) is 37.6 Å². The van der Waals surface area contributed by atoms with Crippen molar-refractivity contribution in [1.29, 1.82) is 0 Å². The third-order valence-electron chi connectivity index (χ3n) is 6.45. The summed E-state index contributed by atoms with van der Waals surface area (Å²) in [5, 5.41) is 7.73. The molecule has 0 radical (unpaired) electrons. The van der Waals surface area contributed by atoms with E-state index in [-0.39, 0.29) is 29.8 Å². The fourth-order valence-electron chi connectivity index (χ4n) is 4.52. The summed E-state index contributed by atoms with van der Waals surface area (Å²) in [5.41, 5.74) is 0.795. The molecule has 11 heteroatoms. The fourth-order valence-corrected chi connectivity index (χ4v) is 6.08. The Hall–Kier alpha value is -2.79. The minimum Gasteiger partial charge on any atom is -0.358 e. The van der Waals surface area contributed by atoms with Crippen molar-refractivity contribution in [3.8, 4) is 0 Å². The van der Waals surface area contributed by atoms with Crippen LogP contribution in [0.15, 0.2) is 53.4 Å². The quantitative estimate of drug-likeness (QED) is 0.553. The minimum atomic E-state index is -3.75. The van der Waals surface area contributed by atoms with Crippen LogP contribution in [0.4, 0.5) is 5.82 Å². The standard InChI is InChI=1S/C24H27ClN6O3S/c1-15(2)22-24(32)28-21-14-31(35(33,34)17-9-7-16(25)8-10-17)12-11-30(21)13-20-26-19-6-4-3-5-18(19)23(27-20)29-22/h3-10,15,21-22H,11-14H2,1-2H3,(H,28,32)(H,26,27,29)/t21?,22-/m0/s1. The summed E-state index contributed by atoms with van der Waals surface area (Å²) in [7, 11) is -3.75. The molecule has 2 aliphatic heterocycles. The number of para-hydroxylation sites is 1. The Balaban J connectivity index is 1.50. The van der Waals surface area contributed by atoms with Gasteiger partial charge in [0.25, 0.3) is 0 Å². The zero-order valence-corrected chi connectivity index (χ0v) is 21.1. The van der Waals surface area contributed by atoms with E-state index in [2.05, 4.69) is 10.6 Å². The number of halogens is 1. The lowest BCUT2D eigenvalue weighted by Gasteiger charge is -2.41. The maximum atomic E-state index is 13.4. The molecule has 2 aliphatic rings. The Bertz CT molecular complexity index is 1370. The molecule has 2 aromatic carbocycles. The molecule has 0 saturated carbocycles. The van der Waals surface area contributed by atoms with E-state index >= 15 is 0 Å². The molecule has 1 amide bonds. The number of rotatable bonds is 3. The van der Waals surface area contributed by atoms with Gasteiger partial charge in [-0.05, 0) is 42.3 Å². The van der Waals surface area contributed by atoms with E-state index < -0.39 is 22.2 Å². The number of aromatic nitrogens is 2. The molecular weight excluding hydrogens is 488 g/mol. The Morgan fingerprint density at radius 2 is 1.77 bits per heavy atom. The Kier molecular flexibility index (Phi) is 6.39. The number of fused-ring (bicyclic) bond motifs is 5. The smallest absolute Gasteiger partial charge is 0.244 e. The third kappa shape index (κ3) is 4.71. The van der Waals surface area contributed by atoms with Crippen molar-refractivity contribution in [2.24, 2.45) is 5.92 Å². The summed E-state index contributed by atoms with van der Waals surface area (Å²) in [5.74, 6) is 1.01. The number of carbonyl (C=O) groups is 1. The summed E-state index contributed by atoms with van der Waals surface area (Å²) in [6.07, 6.45) is -0.530. The SMILES string of the molecule is CC(C)[C@@H]1Nc2nc(nc3ccccc23)CN2CCN(S(=O)(=O)c3ccc(Cl)cc3)CC2NC1=O. The molecular formula is C24H27ClN6O3S. The molecule has 3 aromatic rings. The van der Waals surface area contributed by atoms with Gasteiger partial charge in [0.1, 0.15) is 17.7 Å². The summed E-state index contributed by atoms with van der Waals surface area (Å²) in [4.78, 5) is 25.1. The van der Waals surface area contributed by atoms with E-state index in [1.165, 1.54) is 16.4 Å². The number of sulfonamides is 1. The largest absolute Gasteiger partial charge is 0.358 e. The van der Waals surface area contributed by atoms with Crippen LogP contribution in [-0.2, 0) is 21.4 Å². The van der Waals surface area contributed by atoms with Crippen LogP contribution in [0.2, 0.25) is 5.02 Å². The monoisotopic (exact) mass is 514 g/mol. The highest BCUT2D eigenvalue weighted by Crippen LogP contribution is 2.26. The van der Waals surface area contributed by atoms with Gasteiger partial charge >= 0.3 is 0 Å². The van der Waals surface area contributed by atoms with Crippen molar-refractivity contribution in [3.63, 3.8) is 0 Å². The number of nitrogens with one attached hydrogen (secondary N) is 2. The number of piperazine rings is 1. The molecule has 184 valence electrons. The van der Waals surface area contributed by atoms with E-state index in [4.69, 9.17) is 21.6 Å². The van der Waals surface area contributed by atoms with Gasteiger partial charge in [0.2, 0.25) is 15.9 Å². The number of benzene rings is 2. The zero-order valence-electron chi connectivity index (χ0n) is 19.5. The lowest BCUT2D eigenvalue weighted by molar-refractivity contribution is -0.125. The highest BCUT2D eigenvalue weighted by atomic mass is 35.5. The van der Waals surface area contributed by atoms with Crippen LogP contribution >= 0.6 is 11.6 Å². The second-order valence-electron chi connectivity index (χ2n) is 9.18. The van der Waals surface area contributed by atoms with Crippen LogP contribution in [0, 0.1) is 5.92 Å². The predicted molar refractivity (Wildman–Crippen MR) is 134 cm³/mol. The second kappa shape index (κ2) is 9.34. The maximum Gasteiger partial charge on any atom is 0.244 e. The van der Waals surface area contributed by atoms with Gasteiger partial charge in [-0.3, -0.25) is 9.69 Å². The number of carbonyl (C=O) groups excluding carboxylic acids is 1. The molecule has 1 fully saturated rings. The first-order valence-corrected chi connectivity index (χ1v) is 13.4. The fraction of sp³-hybridized carbons (Fsp3) is 0.375. The molecule has 2 bridgehead atoms. The molecule has 2 N–H and O–H groups in total. The Labute approximate surface area is 209 Å². The first-order valence-electron chi connectivity index (χ1n) is 11.5. The molecule has 1 saturated heterocycles. The molecule has 1 unspecified atom stereocenters. The van der Waals surface area contributed by atoms with Crippen LogP contribution in [0.1, 0.15) is 19.7 Å². The molecule has 5 rings (SSSR count). The van der Waals surface area contributed by atoms with E-state index in [1.807, 2.05) is 43.0 Å². The van der Waals surface area contributed by atoms with Crippen molar-refractivity contribution in [3.05, 3.63) is 59.4 Å². The number of hydrogen-bond acceptors (Lipinski definition) is 7. The van der Waals surface area contributed by atoms with Gasteiger partial charge < -0.3 is 10.6 Å². The van der Waals surface area contributed by atoms with Gasteiger partial charge in [-0.2, -0.15) is 4.31 Å². The highest BCUT2D eigenvalue weighted by Gasteiger charge is 2.37. The third-order valence-corrected chi connectivity index (χ3v) is 8.58. The van der Waals surface area contributed by atoms with Crippen molar-refractivity contribution in [2.45, 2.75) is 37.5 Å². The number of amides is 1. The van der Waals surface area contributed by atoms with E-state index in [0.29, 0.717) is 29.8 Å². The lowest BCUT2D eigenvalue weighted by Crippen LogP contribution is -2.62. The van der Waals surface area contributed by atoms with Crippen LogP contribution < -0.4 is 10.6 Å². The zero-order chi connectivity index (χ0) is 24.7. The van der Waals surface area contributed by atoms with Crippen molar-refractivity contribution in [1.82, 2.24) is 24.5 Å². The van der Waals surface area contributed by atoms with Crippen LogP contribution in [0.3, 0.4) is 0 Å². The first kappa shape index (κ1) is 23.9. The maximum absolute atomic E-state index is 13.4. The average molecular weight is 515 g/mol. The molecule has 0 aliphatic carbocycles. The van der Waals surface area contributed by atoms with Crippen LogP contribution in [-0.4, -0.2) is 65.3 Å². The molecule has 1 aromatic heterocycles. The highest BCUT2D eigenvalue weighted by molar-refractivity contribution is 7.89. The number of anilines is 1. The Morgan fingerprint density at radius 3 is 2.51 bits per heavy atom. The van der Waals surface area contributed by atoms with Gasteiger partial charge in [0, 0.05) is 30.0 Å². The first-order chi connectivity index (χ1) is 16.7. The molecule has 2 atom stereocenters. The van der Waals surface area contributed by atoms with Crippen LogP contribution in [0.5, 0.6) is 0 Å². The van der Waals surface area contributed by atoms with Gasteiger partial charge in [0.15, 0.2) is 0 Å². The van der Waals surface area contributed by atoms with Gasteiger partial charge in [0.05, 0.1) is 23.1 Å². The lowest BCUT2D eigenvalue weighted by atomic mass is 10.0. The van der Waals surface area contributed by atoms with Crippen molar-refractivity contribution < 1.29 is 13.2 Å². The van der Waals surface area contributed by atoms with E-state index in [9.17, 15) is 13.2 Å². The van der Waals surface area contributed by atoms with E-state index in [1.54, 1.807) is 12.1 Å². The van der Waals surface area contributed by atoms with Gasteiger partial charge in [-0.15, -0.1) is 0 Å². The predicted octanol–water partition coefficient (Wildman–Crippen LogP) is 2.68. The molecule has 0 spiro atoms. The number of hydrogen-bond donors (Lipinski definition) is 2. The minimum absolute atomic E-state index is 0.0300. The molecule has 35 heavy (non-hydrogen) atoms. The summed E-state index contributed by atoms with van der Waals surface area (Å²) in [6, 6.07) is 13.3. The Morgan fingerprint density at radius 1 is 1.03 bits per heavy atom. The second-order valence-corrected chi connectivity index (χ2v) is 11.6. The topological polar surface area (TPSA) is 108 Å². The summed E-state index contributed by atoms with van der Waals surface area (Å²) in [6.45, 7) is 5.12. The van der Waals surface area contributed by atoms with Crippen LogP contribution in [0.25, 0.3) is 10.9 Å². The normalized spacial score (nSPS) is 21.9. The summed E-state index contributed by atoms with van der Waals surface area (Å²) >= 11 is 5.94. The van der Waals surface area contributed by atoms with Crippen molar-refractivity contribution >= 4 is 44.3 Å². The summed E-state index contributed by atoms with van der Waals surface area (Å²) < 4.78 is 28.0. The van der Waals surface area contributed by atoms with Gasteiger partial charge in [-0.25, -0.2) is 18.4 Å². The molecule has 3 heterocycles. The number of nitrogens with zero attached hydrogens (tertiary/aromatic N) is 4.